The highest BCUT2D eigenvalue weighted by atomic mass is 16.7. The largest absolute Gasteiger partial charge is 0.477 e. The molecule has 4 nitrogen and oxygen atoms in total. The van der Waals surface area contributed by atoms with Crippen LogP contribution in [0.25, 0.3) is 0 Å². The van der Waals surface area contributed by atoms with Crippen molar-refractivity contribution in [1.29, 1.82) is 0 Å². The summed E-state index contributed by atoms with van der Waals surface area (Å²) in [6.07, 6.45) is 0.0829. The van der Waals surface area contributed by atoms with Gasteiger partial charge in [-0.1, -0.05) is 13.8 Å². The normalized spacial score (nSPS) is 16.8. The van der Waals surface area contributed by atoms with Crippen LogP contribution in [-0.2, 0) is 9.53 Å². The van der Waals surface area contributed by atoms with Gasteiger partial charge in [-0.3, -0.25) is 0 Å². The predicted molar refractivity (Wildman–Crippen MR) is 52.9 cm³/mol. The number of carboxylic acid groups (broad SMARTS) is 1. The van der Waals surface area contributed by atoms with Gasteiger partial charge in [0.15, 0.2) is 0 Å². The van der Waals surface area contributed by atoms with Crippen molar-refractivity contribution in [3.05, 3.63) is 0 Å². The number of hydrogen-bond acceptors (Lipinski definition) is 3. The van der Waals surface area contributed by atoms with Crippen LogP contribution in [0.3, 0.4) is 0 Å². The Morgan fingerprint density at radius 1 is 1.36 bits per heavy atom. The van der Waals surface area contributed by atoms with Crippen LogP contribution in [0.2, 0.25) is 0 Å². The van der Waals surface area contributed by atoms with E-state index in [1.54, 1.807) is 20.8 Å². The van der Waals surface area contributed by atoms with Gasteiger partial charge in [-0.15, -0.1) is 0 Å². The van der Waals surface area contributed by atoms with Gasteiger partial charge < -0.3 is 14.9 Å². The van der Waals surface area contributed by atoms with Crippen LogP contribution in [0.4, 0.5) is 0 Å². The van der Waals surface area contributed by atoms with Crippen LogP contribution in [-0.4, -0.2) is 27.6 Å². The molecule has 0 radical (unpaired) electrons. The average molecular weight is 204 g/mol. The Kier molecular flexibility index (Phi) is 4.09. The molecule has 1 atom stereocenters. The summed E-state index contributed by atoms with van der Waals surface area (Å²) in [6, 6.07) is 0. The van der Waals surface area contributed by atoms with E-state index in [-0.39, 0.29) is 12.3 Å². The van der Waals surface area contributed by atoms with E-state index in [2.05, 4.69) is 0 Å². The zero-order chi connectivity index (χ0) is 11.6. The molecule has 14 heavy (non-hydrogen) atoms. The molecular formula is C10H20O4. The quantitative estimate of drug-likeness (QED) is 0.683. The lowest BCUT2D eigenvalue weighted by atomic mass is 10.0. The Hall–Kier alpha value is -0.610. The molecular weight excluding hydrogens is 184 g/mol. The monoisotopic (exact) mass is 204 g/mol. The third-order valence-corrected chi connectivity index (χ3v) is 1.49. The van der Waals surface area contributed by atoms with Gasteiger partial charge in [0.1, 0.15) is 0 Å². The van der Waals surface area contributed by atoms with Crippen LogP contribution in [0.5, 0.6) is 0 Å². The van der Waals surface area contributed by atoms with Gasteiger partial charge in [-0.25, -0.2) is 4.79 Å². The molecule has 0 amide bonds. The molecule has 0 bridgehead atoms. The van der Waals surface area contributed by atoms with Gasteiger partial charge in [0.25, 0.3) is 5.79 Å². The minimum absolute atomic E-state index is 0.0541. The average Bonchev–Trinajstić information content (AvgIpc) is 1.79. The topological polar surface area (TPSA) is 66.8 Å². The molecule has 0 saturated heterocycles. The van der Waals surface area contributed by atoms with Crippen LogP contribution < -0.4 is 0 Å². The summed E-state index contributed by atoms with van der Waals surface area (Å²) >= 11 is 0. The number of carboxylic acids is 1. The van der Waals surface area contributed by atoms with Crippen molar-refractivity contribution in [2.45, 2.75) is 52.4 Å². The number of aliphatic hydroxyl groups is 1. The number of hydrogen-bond donors (Lipinski definition) is 2. The van der Waals surface area contributed by atoms with E-state index in [1.165, 1.54) is 0 Å². The minimum Gasteiger partial charge on any atom is -0.477 e. The van der Waals surface area contributed by atoms with Crippen molar-refractivity contribution in [2.24, 2.45) is 5.92 Å². The van der Waals surface area contributed by atoms with Gasteiger partial charge in [-0.05, 0) is 26.7 Å². The second-order valence-electron chi connectivity index (χ2n) is 4.90. The van der Waals surface area contributed by atoms with E-state index in [0.29, 0.717) is 0 Å². The standard InChI is InChI=1S/C10H20O4/c1-7(2)6-10(13,8(11)12)14-9(3,4)5/h7,13H,6H2,1-5H3,(H,11,12). The first-order valence-corrected chi connectivity index (χ1v) is 4.73. The zero-order valence-corrected chi connectivity index (χ0v) is 9.50. The van der Waals surface area contributed by atoms with E-state index >= 15 is 0 Å². The highest BCUT2D eigenvalue weighted by Gasteiger charge is 2.41. The smallest absolute Gasteiger partial charge is 0.364 e. The Bertz CT molecular complexity index is 205. The van der Waals surface area contributed by atoms with E-state index in [1.807, 2.05) is 13.8 Å². The Balaban J connectivity index is 4.65. The number of rotatable bonds is 4. The maximum atomic E-state index is 10.9. The molecule has 0 aliphatic heterocycles. The molecule has 0 aromatic carbocycles. The van der Waals surface area contributed by atoms with Crippen molar-refractivity contribution in [3.63, 3.8) is 0 Å². The summed E-state index contributed by atoms with van der Waals surface area (Å²) in [7, 11) is 0. The highest BCUT2D eigenvalue weighted by Crippen LogP contribution is 2.24. The summed E-state index contributed by atoms with van der Waals surface area (Å²) in [5, 5.41) is 18.6. The first-order chi connectivity index (χ1) is 6.07. The molecule has 0 aromatic rings. The molecule has 0 rings (SSSR count). The van der Waals surface area contributed by atoms with Crippen molar-refractivity contribution in [2.75, 3.05) is 0 Å². The third kappa shape index (κ3) is 4.58. The molecule has 4 heteroatoms. The van der Waals surface area contributed by atoms with Crippen LogP contribution in [0.15, 0.2) is 0 Å². The van der Waals surface area contributed by atoms with Crippen molar-refractivity contribution in [3.8, 4) is 0 Å². The summed E-state index contributed by atoms with van der Waals surface area (Å²) in [4.78, 5) is 10.9. The molecule has 0 spiro atoms. The molecule has 2 N–H and O–H groups in total. The van der Waals surface area contributed by atoms with Crippen LogP contribution >= 0.6 is 0 Å². The fraction of sp³-hybridized carbons (Fsp3) is 0.900. The summed E-state index contributed by atoms with van der Waals surface area (Å²) in [5.74, 6) is -3.36. The predicted octanol–water partition coefficient (Wildman–Crippen LogP) is 1.62. The second kappa shape index (κ2) is 4.28. The second-order valence-corrected chi connectivity index (χ2v) is 4.90. The third-order valence-electron chi connectivity index (χ3n) is 1.49. The SMILES string of the molecule is CC(C)CC(O)(OC(C)(C)C)C(=O)O. The maximum Gasteiger partial charge on any atom is 0.364 e. The first-order valence-electron chi connectivity index (χ1n) is 4.73. The van der Waals surface area contributed by atoms with Gasteiger partial charge in [-0.2, -0.15) is 0 Å². The van der Waals surface area contributed by atoms with Crippen molar-refractivity contribution in [1.82, 2.24) is 0 Å². The fourth-order valence-corrected chi connectivity index (χ4v) is 1.23. The lowest BCUT2D eigenvalue weighted by Gasteiger charge is -2.32. The van der Waals surface area contributed by atoms with Crippen molar-refractivity contribution >= 4 is 5.97 Å². The number of ether oxygens (including phenoxy) is 1. The Morgan fingerprint density at radius 2 is 1.79 bits per heavy atom. The molecule has 0 aliphatic rings. The van der Waals surface area contributed by atoms with E-state index < -0.39 is 17.4 Å². The Morgan fingerprint density at radius 3 is 2.00 bits per heavy atom. The summed E-state index contributed by atoms with van der Waals surface area (Å²) in [6.45, 7) is 8.80. The molecule has 0 aromatic heterocycles. The van der Waals surface area contributed by atoms with E-state index in [9.17, 15) is 9.90 Å². The zero-order valence-electron chi connectivity index (χ0n) is 9.50. The van der Waals surface area contributed by atoms with Gasteiger partial charge >= 0.3 is 5.97 Å². The molecule has 1 unspecified atom stereocenters. The highest BCUT2D eigenvalue weighted by molar-refractivity contribution is 5.75. The number of aliphatic carboxylic acids is 1. The van der Waals surface area contributed by atoms with Gasteiger partial charge in [0.2, 0.25) is 0 Å². The van der Waals surface area contributed by atoms with Gasteiger partial charge in [0, 0.05) is 6.42 Å². The summed E-state index contributed by atoms with van der Waals surface area (Å²) in [5.41, 5.74) is -0.679. The minimum atomic E-state index is -2.08. The van der Waals surface area contributed by atoms with Crippen molar-refractivity contribution < 1.29 is 19.7 Å². The van der Waals surface area contributed by atoms with Crippen LogP contribution in [0, 0.1) is 5.92 Å². The number of carbonyl (C=O) groups is 1. The molecule has 0 heterocycles. The lowest BCUT2D eigenvalue weighted by Crippen LogP contribution is -2.47. The molecule has 0 fully saturated rings. The first kappa shape index (κ1) is 13.4. The summed E-state index contributed by atoms with van der Waals surface area (Å²) < 4.78 is 5.15. The maximum absolute atomic E-state index is 10.9. The van der Waals surface area contributed by atoms with Gasteiger partial charge in [0.05, 0.1) is 5.60 Å². The Labute approximate surface area is 84.9 Å². The van der Waals surface area contributed by atoms with E-state index in [4.69, 9.17) is 9.84 Å². The molecule has 84 valence electrons. The molecule has 0 aliphatic carbocycles. The van der Waals surface area contributed by atoms with E-state index in [0.717, 1.165) is 0 Å². The fourth-order valence-electron chi connectivity index (χ4n) is 1.23. The lowest BCUT2D eigenvalue weighted by molar-refractivity contribution is -0.261. The molecule has 0 saturated carbocycles. The van der Waals surface area contributed by atoms with Crippen LogP contribution in [0.1, 0.15) is 41.0 Å².